The zero-order chi connectivity index (χ0) is 22.7. The number of aromatic nitrogens is 2. The zero-order valence-electron chi connectivity index (χ0n) is 19.6. The predicted octanol–water partition coefficient (Wildman–Crippen LogP) is 4.78. The molecule has 4 rings (SSSR count). The lowest BCUT2D eigenvalue weighted by Gasteiger charge is -2.30. The van der Waals surface area contributed by atoms with Gasteiger partial charge in [-0.1, -0.05) is 43.7 Å². The number of hydrogen-bond donors (Lipinski definition) is 1. The summed E-state index contributed by atoms with van der Waals surface area (Å²) in [5.74, 6) is 1.00. The standard InChI is InChI=1S/C27H34N4O/c1-19(2)29-15-12-23-9-6-16-31(23)25-18-24(21-10-13-28-14-11-21)26(27(32)30(25)4)22-8-5-7-20(3)17-22/h5,7-8,10-11,13-14,17-19,23,29H,6,9,12,15-16H2,1-4H3. The van der Waals surface area contributed by atoms with E-state index >= 15 is 0 Å². The molecule has 0 aliphatic carbocycles. The van der Waals surface area contributed by atoms with Crippen LogP contribution in [0.15, 0.2) is 59.7 Å². The Morgan fingerprint density at radius 3 is 2.62 bits per heavy atom. The average molecular weight is 431 g/mol. The van der Waals surface area contributed by atoms with Crippen molar-refractivity contribution in [3.8, 4) is 22.3 Å². The normalized spacial score (nSPS) is 16.2. The van der Waals surface area contributed by atoms with Gasteiger partial charge in [0.25, 0.3) is 5.56 Å². The molecule has 3 aromatic rings. The molecule has 32 heavy (non-hydrogen) atoms. The third-order valence-corrected chi connectivity index (χ3v) is 6.40. The van der Waals surface area contributed by atoms with E-state index in [4.69, 9.17) is 0 Å². The van der Waals surface area contributed by atoms with Crippen LogP contribution in [0.1, 0.15) is 38.7 Å². The minimum absolute atomic E-state index is 0.0471. The molecule has 1 N–H and O–H groups in total. The van der Waals surface area contributed by atoms with Crippen LogP contribution in [0, 0.1) is 6.92 Å². The monoisotopic (exact) mass is 430 g/mol. The molecule has 0 bridgehead atoms. The molecule has 1 fully saturated rings. The van der Waals surface area contributed by atoms with Gasteiger partial charge in [-0.3, -0.25) is 14.3 Å². The van der Waals surface area contributed by atoms with Crippen molar-refractivity contribution in [3.05, 3.63) is 70.8 Å². The molecule has 1 unspecified atom stereocenters. The largest absolute Gasteiger partial charge is 0.355 e. The molecule has 0 spiro atoms. The van der Waals surface area contributed by atoms with Crippen LogP contribution >= 0.6 is 0 Å². The Bertz CT molecular complexity index is 1120. The summed E-state index contributed by atoms with van der Waals surface area (Å²) in [7, 11) is 1.91. The Morgan fingerprint density at radius 1 is 1.12 bits per heavy atom. The van der Waals surface area contributed by atoms with Crippen LogP contribution in [0.2, 0.25) is 0 Å². The van der Waals surface area contributed by atoms with Crippen LogP contribution in [-0.4, -0.2) is 34.7 Å². The fourth-order valence-corrected chi connectivity index (χ4v) is 4.78. The quantitative estimate of drug-likeness (QED) is 0.586. The minimum atomic E-state index is 0.0471. The van der Waals surface area contributed by atoms with E-state index in [0.717, 1.165) is 66.0 Å². The molecule has 1 aliphatic heterocycles. The van der Waals surface area contributed by atoms with Gasteiger partial charge in [-0.15, -0.1) is 0 Å². The van der Waals surface area contributed by atoms with Crippen LogP contribution in [-0.2, 0) is 7.05 Å². The smallest absolute Gasteiger partial charge is 0.260 e. The lowest BCUT2D eigenvalue weighted by Crippen LogP contribution is -2.37. The van der Waals surface area contributed by atoms with E-state index in [0.29, 0.717) is 12.1 Å². The van der Waals surface area contributed by atoms with Crippen LogP contribution in [0.25, 0.3) is 22.3 Å². The highest BCUT2D eigenvalue weighted by atomic mass is 16.1. The molecule has 1 atom stereocenters. The number of nitrogens with zero attached hydrogens (tertiary/aromatic N) is 3. The summed E-state index contributed by atoms with van der Waals surface area (Å²) in [5.41, 5.74) is 4.90. The molecular weight excluding hydrogens is 396 g/mol. The van der Waals surface area contributed by atoms with Crippen LogP contribution in [0.5, 0.6) is 0 Å². The van der Waals surface area contributed by atoms with Crippen molar-refractivity contribution in [2.45, 2.75) is 52.1 Å². The summed E-state index contributed by atoms with van der Waals surface area (Å²) in [6.07, 6.45) is 6.99. The first-order chi connectivity index (χ1) is 15.5. The maximum absolute atomic E-state index is 13.8. The number of rotatable bonds is 7. The highest BCUT2D eigenvalue weighted by molar-refractivity contribution is 5.84. The second-order valence-corrected chi connectivity index (χ2v) is 9.15. The van der Waals surface area contributed by atoms with E-state index in [9.17, 15) is 4.79 Å². The van der Waals surface area contributed by atoms with Gasteiger partial charge in [-0.05, 0) is 67.6 Å². The molecule has 0 amide bonds. The summed E-state index contributed by atoms with van der Waals surface area (Å²) < 4.78 is 1.84. The van der Waals surface area contributed by atoms with Crippen molar-refractivity contribution in [3.63, 3.8) is 0 Å². The van der Waals surface area contributed by atoms with E-state index in [-0.39, 0.29) is 5.56 Å². The molecule has 0 saturated carbocycles. The Hall–Kier alpha value is -2.92. The lowest BCUT2D eigenvalue weighted by atomic mass is 9.95. The highest BCUT2D eigenvalue weighted by Crippen LogP contribution is 2.35. The van der Waals surface area contributed by atoms with E-state index in [1.165, 1.54) is 0 Å². The second-order valence-electron chi connectivity index (χ2n) is 9.15. The second kappa shape index (κ2) is 9.70. The van der Waals surface area contributed by atoms with E-state index < -0.39 is 0 Å². The fourth-order valence-electron chi connectivity index (χ4n) is 4.78. The van der Waals surface area contributed by atoms with Crippen molar-refractivity contribution in [2.75, 3.05) is 18.0 Å². The first-order valence-electron chi connectivity index (χ1n) is 11.7. The third kappa shape index (κ3) is 4.63. The van der Waals surface area contributed by atoms with Crippen LogP contribution in [0.3, 0.4) is 0 Å². The lowest BCUT2D eigenvalue weighted by molar-refractivity contribution is 0.517. The van der Waals surface area contributed by atoms with Gasteiger partial charge in [0, 0.05) is 38.1 Å². The summed E-state index contributed by atoms with van der Waals surface area (Å²) in [6, 6.07) is 15.3. The molecule has 1 saturated heterocycles. The Kier molecular flexibility index (Phi) is 6.75. The van der Waals surface area contributed by atoms with Crippen molar-refractivity contribution >= 4 is 5.82 Å². The van der Waals surface area contributed by atoms with Gasteiger partial charge in [0.1, 0.15) is 5.82 Å². The first-order valence-corrected chi connectivity index (χ1v) is 11.7. The Labute approximate surface area is 191 Å². The van der Waals surface area contributed by atoms with Gasteiger partial charge >= 0.3 is 0 Å². The topological polar surface area (TPSA) is 50.2 Å². The van der Waals surface area contributed by atoms with Gasteiger partial charge in [0.05, 0.1) is 5.56 Å². The molecule has 0 radical (unpaired) electrons. The zero-order valence-corrected chi connectivity index (χ0v) is 19.6. The van der Waals surface area contributed by atoms with Crippen LogP contribution in [0.4, 0.5) is 5.82 Å². The molecule has 3 heterocycles. The molecule has 2 aromatic heterocycles. The number of nitrogens with one attached hydrogen (secondary N) is 1. The molecule has 168 valence electrons. The molecular formula is C27H34N4O. The number of benzene rings is 1. The Balaban J connectivity index is 1.82. The van der Waals surface area contributed by atoms with Crippen molar-refractivity contribution in [1.82, 2.24) is 14.9 Å². The third-order valence-electron chi connectivity index (χ3n) is 6.40. The summed E-state index contributed by atoms with van der Waals surface area (Å²) in [6.45, 7) is 8.40. The fraction of sp³-hybridized carbons (Fsp3) is 0.407. The maximum Gasteiger partial charge on any atom is 0.260 e. The van der Waals surface area contributed by atoms with Gasteiger partial charge in [-0.25, -0.2) is 0 Å². The van der Waals surface area contributed by atoms with E-state index in [1.807, 2.05) is 35.9 Å². The molecule has 1 aromatic carbocycles. The molecule has 5 heteroatoms. The molecule has 5 nitrogen and oxygen atoms in total. The number of hydrogen-bond acceptors (Lipinski definition) is 4. The molecule has 1 aliphatic rings. The summed E-state index contributed by atoms with van der Waals surface area (Å²) in [4.78, 5) is 20.4. The highest BCUT2D eigenvalue weighted by Gasteiger charge is 2.28. The van der Waals surface area contributed by atoms with E-state index in [1.54, 1.807) is 12.4 Å². The number of pyridine rings is 2. The predicted molar refractivity (Wildman–Crippen MR) is 133 cm³/mol. The van der Waals surface area contributed by atoms with Crippen molar-refractivity contribution in [2.24, 2.45) is 7.05 Å². The first kappa shape index (κ1) is 22.3. The van der Waals surface area contributed by atoms with Crippen LogP contribution < -0.4 is 15.8 Å². The van der Waals surface area contributed by atoms with Gasteiger partial charge < -0.3 is 10.2 Å². The SMILES string of the molecule is Cc1cccc(-c2c(-c3ccncc3)cc(N3CCCC3CCNC(C)C)n(C)c2=O)c1. The Morgan fingerprint density at radius 2 is 1.91 bits per heavy atom. The summed E-state index contributed by atoms with van der Waals surface area (Å²) in [5, 5.41) is 3.54. The maximum atomic E-state index is 13.8. The van der Waals surface area contributed by atoms with Gasteiger partial charge in [0.2, 0.25) is 0 Å². The van der Waals surface area contributed by atoms with Crippen molar-refractivity contribution in [1.29, 1.82) is 0 Å². The summed E-state index contributed by atoms with van der Waals surface area (Å²) >= 11 is 0. The minimum Gasteiger partial charge on any atom is -0.355 e. The average Bonchev–Trinajstić information content (AvgIpc) is 3.24. The van der Waals surface area contributed by atoms with E-state index in [2.05, 4.69) is 54.2 Å². The van der Waals surface area contributed by atoms with Crippen molar-refractivity contribution < 1.29 is 0 Å². The van der Waals surface area contributed by atoms with Gasteiger partial charge in [-0.2, -0.15) is 0 Å². The number of anilines is 1. The van der Waals surface area contributed by atoms with Gasteiger partial charge in [0.15, 0.2) is 0 Å². The number of aryl methyl sites for hydroxylation is 1.